The standard InChI is InChI=1S/C22H21N.C13H12N2.C11H13N/c1-16-20-10-6-5-9-18(20)13-14-23-22-15-19(11-12-21(16)22)17-7-3-2-4-8-17;14-13(15)12-8-6-11(7-9-12)10-4-2-1-3-5-10;1-3-7-10(2)12-11-8-5-4-6-9-11/h2-5,7-9,11-12,15,23H,1,6,10,13-14H2;1-9H,(H3,14,15);3-9,12H,1H2,2H3/b;;10-7+. The highest BCUT2D eigenvalue weighted by atomic mass is 14.9. The fourth-order valence-corrected chi connectivity index (χ4v) is 5.99. The van der Waals surface area contributed by atoms with Crippen LogP contribution in [0.3, 0.4) is 0 Å². The van der Waals surface area contributed by atoms with Gasteiger partial charge >= 0.3 is 0 Å². The van der Waals surface area contributed by atoms with Gasteiger partial charge in [-0.05, 0) is 89.4 Å². The van der Waals surface area contributed by atoms with Crippen LogP contribution in [0.2, 0.25) is 0 Å². The Morgan fingerprint density at radius 1 is 0.760 bits per heavy atom. The molecule has 2 aliphatic rings. The lowest BCUT2D eigenvalue weighted by atomic mass is 9.85. The second kappa shape index (κ2) is 17.9. The molecule has 5 aromatic rings. The van der Waals surface area contributed by atoms with E-state index in [1.54, 1.807) is 6.08 Å². The summed E-state index contributed by atoms with van der Waals surface area (Å²) in [7, 11) is 0. The lowest BCUT2D eigenvalue weighted by Gasteiger charge is -2.25. The lowest BCUT2D eigenvalue weighted by Crippen LogP contribution is -2.11. The molecule has 4 nitrogen and oxygen atoms in total. The summed E-state index contributed by atoms with van der Waals surface area (Å²) >= 11 is 0. The minimum Gasteiger partial charge on any atom is -0.384 e. The number of nitrogens with two attached hydrogens (primary N) is 1. The molecule has 0 unspecified atom stereocenters. The Hall–Kier alpha value is -6.13. The van der Waals surface area contributed by atoms with Crippen LogP contribution in [0.25, 0.3) is 27.8 Å². The van der Waals surface area contributed by atoms with Crippen molar-refractivity contribution in [3.63, 3.8) is 0 Å². The molecule has 250 valence electrons. The zero-order chi connectivity index (χ0) is 35.1. The van der Waals surface area contributed by atoms with Gasteiger partial charge in [0.05, 0.1) is 0 Å². The number of amidine groups is 1. The molecular formula is C46H46N4. The molecule has 4 heteroatoms. The number of hydrogen-bond acceptors (Lipinski definition) is 3. The number of para-hydroxylation sites is 1. The van der Waals surface area contributed by atoms with Gasteiger partial charge in [0.25, 0.3) is 0 Å². The minimum atomic E-state index is 0.106. The molecule has 1 aliphatic carbocycles. The summed E-state index contributed by atoms with van der Waals surface area (Å²) in [5, 5.41) is 14.1. The van der Waals surface area contributed by atoms with E-state index in [1.165, 1.54) is 44.7 Å². The summed E-state index contributed by atoms with van der Waals surface area (Å²) in [6.07, 6.45) is 11.6. The largest absolute Gasteiger partial charge is 0.384 e. The molecule has 0 amide bonds. The van der Waals surface area contributed by atoms with Crippen molar-refractivity contribution in [2.45, 2.75) is 26.2 Å². The molecule has 0 spiro atoms. The Morgan fingerprint density at radius 2 is 1.34 bits per heavy atom. The lowest BCUT2D eigenvalue weighted by molar-refractivity contribution is 0.917. The van der Waals surface area contributed by atoms with Crippen LogP contribution < -0.4 is 16.4 Å². The Balaban J connectivity index is 0.000000156. The summed E-state index contributed by atoms with van der Waals surface area (Å²) < 4.78 is 0. The van der Waals surface area contributed by atoms with Crippen LogP contribution in [-0.2, 0) is 0 Å². The van der Waals surface area contributed by atoms with Crippen molar-refractivity contribution in [2.75, 3.05) is 17.2 Å². The highest BCUT2D eigenvalue weighted by Gasteiger charge is 2.18. The van der Waals surface area contributed by atoms with E-state index in [0.717, 1.165) is 48.3 Å². The van der Waals surface area contributed by atoms with Crippen molar-refractivity contribution in [1.29, 1.82) is 5.41 Å². The molecule has 0 fully saturated rings. The second-order valence-electron chi connectivity index (χ2n) is 12.2. The predicted octanol–water partition coefficient (Wildman–Crippen LogP) is 11.7. The molecule has 5 aromatic carbocycles. The third-order valence-corrected chi connectivity index (χ3v) is 8.58. The summed E-state index contributed by atoms with van der Waals surface area (Å²) in [6.45, 7) is 11.0. The SMILES string of the molecule is C=C/C=C(\C)Nc1ccccc1.C=C1C2=C(C=CCC2)CCNc2cc(-c3ccccc3)ccc21.N=C(N)c1ccc(-c2ccccc2)cc1. The maximum absolute atomic E-state index is 7.29. The number of anilines is 2. The zero-order valence-corrected chi connectivity index (χ0v) is 28.8. The van der Waals surface area contributed by atoms with Crippen molar-refractivity contribution in [3.05, 3.63) is 199 Å². The first kappa shape index (κ1) is 35.2. The van der Waals surface area contributed by atoms with Crippen molar-refractivity contribution >= 4 is 22.8 Å². The molecule has 0 atom stereocenters. The Kier molecular flexibility index (Phi) is 12.6. The first-order valence-electron chi connectivity index (χ1n) is 17.1. The van der Waals surface area contributed by atoms with E-state index in [4.69, 9.17) is 11.1 Å². The Morgan fingerprint density at radius 3 is 1.96 bits per heavy atom. The number of benzene rings is 5. The first-order chi connectivity index (χ1) is 24.4. The smallest absolute Gasteiger partial charge is 0.122 e. The van der Waals surface area contributed by atoms with E-state index in [1.807, 2.05) is 85.8 Å². The number of allylic oxidation sites excluding steroid dienone is 7. The van der Waals surface area contributed by atoms with E-state index in [0.29, 0.717) is 0 Å². The molecule has 5 N–H and O–H groups in total. The Labute approximate surface area is 297 Å². The van der Waals surface area contributed by atoms with Gasteiger partial charge in [-0.15, -0.1) is 0 Å². The minimum absolute atomic E-state index is 0.106. The van der Waals surface area contributed by atoms with E-state index >= 15 is 0 Å². The fraction of sp³-hybridized carbons (Fsp3) is 0.109. The van der Waals surface area contributed by atoms with Crippen LogP contribution in [0.1, 0.15) is 37.3 Å². The van der Waals surface area contributed by atoms with Crippen molar-refractivity contribution in [1.82, 2.24) is 0 Å². The highest BCUT2D eigenvalue weighted by molar-refractivity contribution is 5.95. The topological polar surface area (TPSA) is 73.9 Å². The molecule has 0 radical (unpaired) electrons. The molecule has 7 rings (SSSR count). The van der Waals surface area contributed by atoms with E-state index < -0.39 is 0 Å². The first-order valence-corrected chi connectivity index (χ1v) is 17.1. The molecule has 0 aromatic heterocycles. The van der Waals surface area contributed by atoms with Gasteiger partial charge in [0, 0.05) is 34.7 Å². The summed E-state index contributed by atoms with van der Waals surface area (Å²) in [4.78, 5) is 0. The van der Waals surface area contributed by atoms with Gasteiger partial charge in [-0.2, -0.15) is 0 Å². The van der Waals surface area contributed by atoms with E-state index in [-0.39, 0.29) is 5.84 Å². The predicted molar refractivity (Wildman–Crippen MR) is 216 cm³/mol. The van der Waals surface area contributed by atoms with Gasteiger partial charge in [0.1, 0.15) is 5.84 Å². The molecule has 1 heterocycles. The van der Waals surface area contributed by atoms with Gasteiger partial charge in [0.2, 0.25) is 0 Å². The second-order valence-corrected chi connectivity index (χ2v) is 12.2. The van der Waals surface area contributed by atoms with Gasteiger partial charge in [-0.1, -0.05) is 147 Å². The molecule has 0 saturated carbocycles. The van der Waals surface area contributed by atoms with E-state index in [9.17, 15) is 0 Å². The number of fused-ring (bicyclic) bond motifs is 1. The third-order valence-electron chi connectivity index (χ3n) is 8.58. The molecule has 0 saturated heterocycles. The summed E-state index contributed by atoms with van der Waals surface area (Å²) in [6, 6.07) is 45.1. The molecule has 0 bridgehead atoms. The maximum Gasteiger partial charge on any atom is 0.122 e. The average molecular weight is 655 g/mol. The van der Waals surface area contributed by atoms with Gasteiger partial charge in [-0.25, -0.2) is 0 Å². The van der Waals surface area contributed by atoms with Crippen molar-refractivity contribution in [2.24, 2.45) is 5.73 Å². The number of nitrogen functional groups attached to an aromatic ring is 1. The van der Waals surface area contributed by atoms with Gasteiger partial charge < -0.3 is 16.4 Å². The van der Waals surface area contributed by atoms with Crippen molar-refractivity contribution in [3.8, 4) is 22.3 Å². The average Bonchev–Trinajstić information content (AvgIpc) is 3.16. The van der Waals surface area contributed by atoms with Crippen LogP contribution in [-0.4, -0.2) is 12.4 Å². The van der Waals surface area contributed by atoms with Crippen molar-refractivity contribution < 1.29 is 0 Å². The van der Waals surface area contributed by atoms with E-state index in [2.05, 4.69) is 96.6 Å². The summed E-state index contributed by atoms with van der Waals surface area (Å²) in [5.74, 6) is 0.106. The maximum atomic E-state index is 7.29. The Bertz CT molecular complexity index is 1980. The third kappa shape index (κ3) is 9.71. The van der Waals surface area contributed by atoms with Crippen LogP contribution in [0.4, 0.5) is 11.4 Å². The van der Waals surface area contributed by atoms with Crippen LogP contribution >= 0.6 is 0 Å². The van der Waals surface area contributed by atoms with Gasteiger partial charge in [0.15, 0.2) is 0 Å². The van der Waals surface area contributed by atoms with Crippen LogP contribution in [0.15, 0.2) is 188 Å². The number of rotatable bonds is 6. The molecular weight excluding hydrogens is 609 g/mol. The normalized spacial score (nSPS) is 13.4. The quantitative estimate of drug-likeness (QED) is 0.0836. The fourth-order valence-electron chi connectivity index (χ4n) is 5.99. The van der Waals surface area contributed by atoms with Crippen LogP contribution in [0.5, 0.6) is 0 Å². The molecule has 50 heavy (non-hydrogen) atoms. The molecule has 1 aliphatic heterocycles. The monoisotopic (exact) mass is 654 g/mol. The van der Waals surface area contributed by atoms with Crippen LogP contribution in [0, 0.1) is 5.41 Å². The highest BCUT2D eigenvalue weighted by Crippen LogP contribution is 2.38. The zero-order valence-electron chi connectivity index (χ0n) is 28.8. The number of nitrogens with one attached hydrogen (secondary N) is 3. The van der Waals surface area contributed by atoms with Gasteiger partial charge in [-0.3, -0.25) is 5.41 Å². The number of hydrogen-bond donors (Lipinski definition) is 4. The summed E-state index contributed by atoms with van der Waals surface area (Å²) in [5.41, 5.74) is 19.7.